The zero-order valence-electron chi connectivity index (χ0n) is 28.2. The number of tetrazole rings is 1. The Morgan fingerprint density at radius 1 is 1.18 bits per heavy atom. The highest BCUT2D eigenvalue weighted by Gasteiger charge is 2.54. The Morgan fingerprint density at radius 2 is 1.94 bits per heavy atom. The molecule has 0 aromatic carbocycles. The molecule has 49 heavy (non-hydrogen) atoms. The molecule has 3 atom stereocenters. The van der Waals surface area contributed by atoms with Gasteiger partial charge in [0.25, 0.3) is 5.91 Å². The first-order chi connectivity index (χ1) is 22.5. The van der Waals surface area contributed by atoms with Crippen LogP contribution < -0.4 is 11.1 Å². The van der Waals surface area contributed by atoms with Crippen LogP contribution in [0.3, 0.4) is 0 Å². The topological polar surface area (TPSA) is 188 Å². The van der Waals surface area contributed by atoms with Gasteiger partial charge in [-0.05, 0) is 36.5 Å². The molecule has 4 heterocycles. The van der Waals surface area contributed by atoms with Crippen LogP contribution in [0.4, 0.5) is 5.13 Å². The summed E-state index contributed by atoms with van der Waals surface area (Å²) in [6, 6.07) is -0.833. The summed E-state index contributed by atoms with van der Waals surface area (Å²) in [6.07, 6.45) is 2.74. The second-order valence-electron chi connectivity index (χ2n) is 11.9. The fourth-order valence-electron chi connectivity index (χ4n) is 4.80. The molecule has 1 unspecified atom stereocenters. The predicted molar refractivity (Wildman–Crippen MR) is 193 cm³/mol. The maximum atomic E-state index is 13.9. The van der Waals surface area contributed by atoms with Gasteiger partial charge in [0.05, 0.1) is 18.7 Å². The van der Waals surface area contributed by atoms with E-state index in [-0.39, 0.29) is 55.2 Å². The van der Waals surface area contributed by atoms with Crippen LogP contribution in [0.5, 0.6) is 0 Å². The summed E-state index contributed by atoms with van der Waals surface area (Å²) < 4.78 is 13.1. The van der Waals surface area contributed by atoms with Crippen molar-refractivity contribution in [1.82, 2.24) is 40.3 Å². The van der Waals surface area contributed by atoms with Crippen molar-refractivity contribution < 1.29 is 28.7 Å². The van der Waals surface area contributed by atoms with Crippen LogP contribution >= 0.6 is 59.7 Å². The molecule has 1 fully saturated rings. The number of amides is 2. The Labute approximate surface area is 311 Å². The first kappa shape index (κ1) is 42.5. The third-order valence-corrected chi connectivity index (χ3v) is 10.5. The minimum Gasteiger partial charge on any atom is -0.425 e. The average Bonchev–Trinajstić information content (AvgIpc) is 3.66. The minimum atomic E-state index is -1.13. The molecule has 0 radical (unpaired) electrons. The van der Waals surface area contributed by atoms with Gasteiger partial charge in [-0.2, -0.15) is 0 Å². The number of halogens is 2. The third-order valence-electron chi connectivity index (χ3n) is 7.35. The van der Waals surface area contributed by atoms with Gasteiger partial charge >= 0.3 is 11.9 Å². The number of nitrogen functional groups attached to an aromatic ring is 1. The Kier molecular flexibility index (Phi) is 17.6. The van der Waals surface area contributed by atoms with Gasteiger partial charge < -0.3 is 25.4 Å². The molecule has 2 aliphatic rings. The molecular weight excluding hydrogens is 737 g/mol. The monoisotopic (exact) mass is 781 g/mol. The third kappa shape index (κ3) is 11.7. The van der Waals surface area contributed by atoms with Crippen molar-refractivity contribution >= 4 is 88.6 Å². The van der Waals surface area contributed by atoms with Crippen molar-refractivity contribution in [2.45, 2.75) is 88.7 Å². The zero-order chi connectivity index (χ0) is 34.1. The number of aromatic nitrogens is 5. The van der Waals surface area contributed by atoms with Crippen molar-refractivity contribution in [2.75, 3.05) is 37.9 Å². The molecule has 0 bridgehead atoms. The first-order valence-electron chi connectivity index (χ1n) is 15.6. The van der Waals surface area contributed by atoms with Crippen molar-refractivity contribution in [1.29, 1.82) is 0 Å². The molecule has 2 aromatic heterocycles. The number of β-lactam (4-membered cyclic amide) rings is 1. The molecule has 15 nitrogen and oxygen atoms in total. The van der Waals surface area contributed by atoms with Gasteiger partial charge in [0.15, 0.2) is 5.13 Å². The molecule has 4 rings (SSSR count). The summed E-state index contributed by atoms with van der Waals surface area (Å²) in [5.74, 6) is -1.65. The van der Waals surface area contributed by atoms with Crippen LogP contribution in [0.15, 0.2) is 21.8 Å². The molecule has 3 N–H and O–H groups in total. The molecule has 0 saturated carbocycles. The number of carbonyl (C=O) groups is 4. The number of anilines is 1. The normalized spacial score (nSPS) is 17.5. The predicted octanol–water partition coefficient (Wildman–Crippen LogP) is 3.14. The highest BCUT2D eigenvalue weighted by molar-refractivity contribution is 8.01. The first-order valence-corrected chi connectivity index (χ1v) is 18.5. The summed E-state index contributed by atoms with van der Waals surface area (Å²) in [7, 11) is 3.91. The van der Waals surface area contributed by atoms with Gasteiger partial charge in [0.1, 0.15) is 17.1 Å². The number of hydrogen-bond donors (Lipinski definition) is 2. The largest absolute Gasteiger partial charge is 0.425 e. The lowest BCUT2D eigenvalue weighted by atomic mass is 10.0. The SMILES string of the molecule is CCCCCCC(=O)OC(OC(=O)C1=C(CSc2nnnn2CCN(C)C)CS[C@H]2[C@H](NC(=O)Cc3csc(N)n3)C(=O)N12)C(C)C.Cl.Cl. The number of hydrogen-bond acceptors (Lipinski definition) is 15. The fourth-order valence-corrected chi connectivity index (χ4v) is 7.76. The van der Waals surface area contributed by atoms with E-state index in [1.54, 1.807) is 23.9 Å². The summed E-state index contributed by atoms with van der Waals surface area (Å²) in [4.78, 5) is 60.3. The van der Waals surface area contributed by atoms with Gasteiger partial charge in [-0.15, -0.1) is 53.0 Å². The number of ether oxygens (including phenoxy) is 2. The summed E-state index contributed by atoms with van der Waals surface area (Å²) in [5.41, 5.74) is 6.93. The summed E-state index contributed by atoms with van der Waals surface area (Å²) in [6.45, 7) is 6.98. The number of nitrogens with one attached hydrogen (secondary N) is 1. The van der Waals surface area contributed by atoms with Crippen LogP contribution in [-0.4, -0.2) is 109 Å². The van der Waals surface area contributed by atoms with E-state index in [4.69, 9.17) is 15.2 Å². The van der Waals surface area contributed by atoms with Gasteiger partial charge in [-0.25, -0.2) is 14.5 Å². The number of thioether (sulfide) groups is 2. The van der Waals surface area contributed by atoms with E-state index in [1.165, 1.54) is 39.8 Å². The molecule has 2 aliphatic heterocycles. The zero-order valence-corrected chi connectivity index (χ0v) is 32.2. The van der Waals surface area contributed by atoms with Gasteiger partial charge in [-0.1, -0.05) is 51.8 Å². The van der Waals surface area contributed by atoms with Crippen LogP contribution in [0.2, 0.25) is 0 Å². The molecule has 2 aromatic rings. The molecule has 0 aliphatic carbocycles. The standard InChI is InChI=1S/C29H43N9O6S3.2ClH/c1-6-7-8-9-10-21(40)43-27(17(2)3)44-26(42)23-18(15-47-29-33-34-35-37(29)12-11-36(4)5)14-45-25-22(24(41)38(23)25)32-20(39)13-19-16-46-28(30)31-19;;/h16-17,22,25,27H,6-15H2,1-5H3,(H2,30,31)(H,32,39);2*1H/t22-,25+,27?;;/m1../s1. The maximum Gasteiger partial charge on any atom is 0.358 e. The molecule has 2 amide bonds. The lowest BCUT2D eigenvalue weighted by Gasteiger charge is -2.49. The Balaban J connectivity index is 0.00000417. The minimum absolute atomic E-state index is 0. The average molecular weight is 783 g/mol. The summed E-state index contributed by atoms with van der Waals surface area (Å²) in [5, 5.41) is 16.9. The van der Waals surface area contributed by atoms with E-state index in [0.717, 1.165) is 25.8 Å². The van der Waals surface area contributed by atoms with Crippen molar-refractivity contribution in [3.8, 4) is 0 Å². The van der Waals surface area contributed by atoms with Crippen LogP contribution in [-0.2, 0) is 41.6 Å². The number of likely N-dealkylation sites (N-methyl/N-ethyl adjacent to an activating group) is 1. The molecule has 1 saturated heterocycles. The second-order valence-corrected chi connectivity index (χ2v) is 14.8. The van der Waals surface area contributed by atoms with Crippen molar-refractivity contribution in [3.05, 3.63) is 22.3 Å². The molecular formula is C29H45Cl2N9O6S3. The summed E-state index contributed by atoms with van der Waals surface area (Å²) >= 11 is 4.02. The van der Waals surface area contributed by atoms with E-state index in [9.17, 15) is 19.2 Å². The van der Waals surface area contributed by atoms with Crippen LogP contribution in [0.25, 0.3) is 0 Å². The van der Waals surface area contributed by atoms with Gasteiger partial charge in [0, 0.05) is 35.8 Å². The van der Waals surface area contributed by atoms with Gasteiger partial charge in [-0.3, -0.25) is 19.3 Å². The van der Waals surface area contributed by atoms with E-state index in [2.05, 4.69) is 32.7 Å². The number of nitrogens with zero attached hydrogens (tertiary/aromatic N) is 7. The molecule has 274 valence electrons. The number of rotatable bonds is 18. The number of fused-ring (bicyclic) bond motifs is 1. The van der Waals surface area contributed by atoms with Crippen molar-refractivity contribution in [3.63, 3.8) is 0 Å². The second kappa shape index (κ2) is 20.3. The fraction of sp³-hybridized carbons (Fsp3) is 0.655. The highest BCUT2D eigenvalue weighted by atomic mass is 35.5. The quantitative estimate of drug-likeness (QED) is 0.0738. The Bertz CT molecular complexity index is 1460. The Morgan fingerprint density at radius 3 is 2.59 bits per heavy atom. The number of nitrogens with two attached hydrogens (primary N) is 1. The Hall–Kier alpha value is -2.64. The van der Waals surface area contributed by atoms with Gasteiger partial charge in [0.2, 0.25) is 17.4 Å². The number of unbranched alkanes of at least 4 members (excludes halogenated alkanes) is 3. The number of carbonyl (C=O) groups excluding carboxylic acids is 4. The number of esters is 2. The maximum absolute atomic E-state index is 13.9. The lowest BCUT2D eigenvalue weighted by Crippen LogP contribution is -2.70. The van der Waals surface area contributed by atoms with Crippen LogP contribution in [0, 0.1) is 5.92 Å². The van der Waals surface area contributed by atoms with E-state index in [0.29, 0.717) is 46.0 Å². The van der Waals surface area contributed by atoms with E-state index in [1.807, 2.05) is 19.0 Å². The van der Waals surface area contributed by atoms with Crippen molar-refractivity contribution in [2.24, 2.45) is 5.92 Å². The van der Waals surface area contributed by atoms with Crippen LogP contribution in [0.1, 0.15) is 58.6 Å². The highest BCUT2D eigenvalue weighted by Crippen LogP contribution is 2.42. The lowest BCUT2D eigenvalue weighted by molar-refractivity contribution is -0.195. The molecule has 20 heteroatoms. The van der Waals surface area contributed by atoms with E-state index < -0.39 is 35.6 Å². The number of thiazole rings is 1. The molecule has 0 spiro atoms. The smallest absolute Gasteiger partial charge is 0.358 e. The van der Waals surface area contributed by atoms with E-state index >= 15 is 0 Å².